The molecule has 1 saturated heterocycles. The Morgan fingerprint density at radius 1 is 1.48 bits per heavy atom. The predicted octanol–water partition coefficient (Wildman–Crippen LogP) is 1.57. The minimum atomic E-state index is -3.39. The van der Waals surface area contributed by atoms with E-state index in [1.54, 1.807) is 6.26 Å². The van der Waals surface area contributed by atoms with Gasteiger partial charge in [-0.3, -0.25) is 4.79 Å². The largest absolute Gasteiger partial charge is 0.447 e. The van der Waals surface area contributed by atoms with Crippen LogP contribution in [0, 0.1) is 0 Å². The summed E-state index contributed by atoms with van der Waals surface area (Å²) in [5.74, 6) is 0.485. The van der Waals surface area contributed by atoms with E-state index in [4.69, 9.17) is 4.42 Å². The molecule has 23 heavy (non-hydrogen) atoms. The molecule has 0 unspecified atom stereocenters. The number of carbonyl (C=O) groups excluding carboxylic acids is 1. The molecule has 1 atom stereocenters. The molecular weight excluding hydrogens is 318 g/mol. The van der Waals surface area contributed by atoms with Gasteiger partial charge in [-0.15, -0.1) is 0 Å². The second-order valence-corrected chi connectivity index (χ2v) is 8.87. The van der Waals surface area contributed by atoms with Gasteiger partial charge in [-0.1, -0.05) is 20.8 Å². The molecule has 1 aromatic rings. The van der Waals surface area contributed by atoms with Gasteiger partial charge in [0.05, 0.1) is 11.4 Å². The Labute approximate surface area is 137 Å². The van der Waals surface area contributed by atoms with Gasteiger partial charge < -0.3 is 9.73 Å². The van der Waals surface area contributed by atoms with Crippen LogP contribution in [0.1, 0.15) is 57.7 Å². The molecule has 0 spiro atoms. The molecular formula is C15H25N3O4S. The maximum atomic E-state index is 12.5. The Balaban J connectivity index is 2.10. The number of oxazole rings is 1. The van der Waals surface area contributed by atoms with Crippen LogP contribution in [0.3, 0.4) is 0 Å². The Kier molecular flexibility index (Phi) is 5.46. The average molecular weight is 343 g/mol. The molecule has 2 heterocycles. The lowest BCUT2D eigenvalue weighted by atomic mass is 9.93. The van der Waals surface area contributed by atoms with Crippen LogP contribution in [-0.4, -0.2) is 43.0 Å². The van der Waals surface area contributed by atoms with Crippen molar-refractivity contribution in [3.63, 3.8) is 0 Å². The monoisotopic (exact) mass is 343 g/mol. The van der Waals surface area contributed by atoms with E-state index in [0.29, 0.717) is 31.8 Å². The zero-order valence-electron chi connectivity index (χ0n) is 13.9. The summed E-state index contributed by atoms with van der Waals surface area (Å²) in [4.78, 5) is 14.7. The van der Waals surface area contributed by atoms with Crippen molar-refractivity contribution in [2.75, 3.05) is 18.8 Å². The zero-order valence-corrected chi connectivity index (χ0v) is 14.7. The molecule has 1 amide bonds. The number of aromatic nitrogens is 1. The zero-order chi connectivity index (χ0) is 17.1. The summed E-state index contributed by atoms with van der Waals surface area (Å²) in [6.45, 7) is 6.96. The number of carbonyl (C=O) groups is 1. The fraction of sp³-hybridized carbons (Fsp3) is 0.733. The van der Waals surface area contributed by atoms with Crippen LogP contribution in [-0.2, 0) is 20.2 Å². The van der Waals surface area contributed by atoms with Crippen molar-refractivity contribution in [1.29, 1.82) is 0 Å². The molecule has 0 saturated carbocycles. The van der Waals surface area contributed by atoms with E-state index in [1.807, 2.05) is 20.8 Å². The van der Waals surface area contributed by atoms with E-state index in [0.717, 1.165) is 18.5 Å². The predicted molar refractivity (Wildman–Crippen MR) is 86.4 cm³/mol. The molecule has 1 fully saturated rings. The van der Waals surface area contributed by atoms with Crippen molar-refractivity contribution < 1.29 is 17.6 Å². The molecule has 0 bridgehead atoms. The lowest BCUT2D eigenvalue weighted by molar-refractivity contribution is -0.109. The van der Waals surface area contributed by atoms with Gasteiger partial charge in [0.2, 0.25) is 22.3 Å². The molecule has 0 aliphatic carbocycles. The van der Waals surface area contributed by atoms with Crippen molar-refractivity contribution in [3.8, 4) is 0 Å². The second-order valence-electron chi connectivity index (χ2n) is 6.83. The lowest BCUT2D eigenvalue weighted by Crippen LogP contribution is -2.33. The molecule has 7 nitrogen and oxygen atoms in total. The number of sulfonamides is 1. The van der Waals surface area contributed by atoms with Gasteiger partial charge in [-0.25, -0.2) is 13.4 Å². The highest BCUT2D eigenvalue weighted by atomic mass is 32.2. The molecule has 1 aromatic heterocycles. The van der Waals surface area contributed by atoms with Gasteiger partial charge in [0.25, 0.3) is 0 Å². The Morgan fingerprint density at radius 2 is 2.22 bits per heavy atom. The summed E-state index contributed by atoms with van der Waals surface area (Å²) >= 11 is 0. The normalized spacial score (nSPS) is 19.9. The van der Waals surface area contributed by atoms with Crippen LogP contribution in [0.25, 0.3) is 0 Å². The highest BCUT2D eigenvalue weighted by Crippen LogP contribution is 2.35. The van der Waals surface area contributed by atoms with Gasteiger partial charge in [0.15, 0.2) is 0 Å². The van der Waals surface area contributed by atoms with Crippen LogP contribution in [0.4, 0.5) is 0 Å². The minimum Gasteiger partial charge on any atom is -0.447 e. The molecule has 0 radical (unpaired) electrons. The van der Waals surface area contributed by atoms with Crippen LogP contribution >= 0.6 is 0 Å². The summed E-state index contributed by atoms with van der Waals surface area (Å²) in [6, 6.07) is -0.324. The van der Waals surface area contributed by atoms with Crippen molar-refractivity contribution in [1.82, 2.24) is 14.6 Å². The Morgan fingerprint density at radius 3 is 2.83 bits per heavy atom. The van der Waals surface area contributed by atoms with E-state index >= 15 is 0 Å². The van der Waals surface area contributed by atoms with Gasteiger partial charge in [0, 0.05) is 18.5 Å². The third-order valence-corrected chi connectivity index (χ3v) is 5.90. The number of hydrogen-bond donors (Lipinski definition) is 1. The first kappa shape index (κ1) is 17.9. The molecule has 2 rings (SSSR count). The second kappa shape index (κ2) is 7.00. The summed E-state index contributed by atoms with van der Waals surface area (Å²) in [5.41, 5.74) is 0.691. The van der Waals surface area contributed by atoms with Gasteiger partial charge in [0.1, 0.15) is 12.3 Å². The van der Waals surface area contributed by atoms with Gasteiger partial charge in [-0.2, -0.15) is 4.31 Å². The molecule has 0 aromatic carbocycles. The van der Waals surface area contributed by atoms with Crippen molar-refractivity contribution in [3.05, 3.63) is 17.8 Å². The van der Waals surface area contributed by atoms with Gasteiger partial charge >= 0.3 is 0 Å². The third kappa shape index (κ3) is 4.32. The SMILES string of the molecule is CC(C)(C)c1coc([C@H]2CCCN2S(=O)(=O)CCCNC=O)n1. The van der Waals surface area contributed by atoms with Crippen LogP contribution in [0.15, 0.2) is 10.7 Å². The minimum absolute atomic E-state index is 0.0111. The number of nitrogens with zero attached hydrogens (tertiary/aromatic N) is 2. The van der Waals surface area contributed by atoms with Crippen molar-refractivity contribution >= 4 is 16.4 Å². The van der Waals surface area contributed by atoms with Crippen LogP contribution < -0.4 is 5.32 Å². The maximum absolute atomic E-state index is 12.5. The summed E-state index contributed by atoms with van der Waals surface area (Å²) in [5, 5.41) is 2.48. The highest BCUT2D eigenvalue weighted by Gasteiger charge is 2.38. The maximum Gasteiger partial charge on any atom is 0.214 e. The molecule has 8 heteroatoms. The summed E-state index contributed by atoms with van der Waals surface area (Å²) < 4.78 is 32.1. The Bertz CT molecular complexity index is 633. The van der Waals surface area contributed by atoms with E-state index in [2.05, 4.69) is 10.3 Å². The fourth-order valence-corrected chi connectivity index (χ4v) is 4.37. The molecule has 1 aliphatic rings. The first-order valence-electron chi connectivity index (χ1n) is 7.88. The molecule has 130 valence electrons. The quantitative estimate of drug-likeness (QED) is 0.599. The smallest absolute Gasteiger partial charge is 0.214 e. The lowest BCUT2D eigenvalue weighted by Gasteiger charge is -2.22. The first-order chi connectivity index (χ1) is 10.8. The number of rotatable bonds is 7. The van der Waals surface area contributed by atoms with E-state index in [9.17, 15) is 13.2 Å². The van der Waals surface area contributed by atoms with E-state index in [1.165, 1.54) is 4.31 Å². The average Bonchev–Trinajstić information content (AvgIpc) is 3.10. The fourth-order valence-electron chi connectivity index (χ4n) is 2.64. The standard InChI is InChI=1S/C15H25N3O4S/c1-15(2,3)13-10-22-14(17-13)12-6-4-8-18(12)23(20,21)9-5-7-16-11-19/h10-12H,4-9H2,1-3H3,(H,16,19)/t12-/m1/s1. The number of hydrogen-bond acceptors (Lipinski definition) is 5. The molecule has 1 aliphatic heterocycles. The number of nitrogens with one attached hydrogen (secondary N) is 1. The summed E-state index contributed by atoms with van der Waals surface area (Å²) in [7, 11) is -3.39. The van der Waals surface area contributed by atoms with E-state index < -0.39 is 10.0 Å². The van der Waals surface area contributed by atoms with Crippen molar-refractivity contribution in [2.45, 2.75) is 51.5 Å². The summed E-state index contributed by atoms with van der Waals surface area (Å²) in [6.07, 6.45) is 4.10. The third-order valence-electron chi connectivity index (χ3n) is 3.94. The number of amides is 1. The van der Waals surface area contributed by atoms with Crippen LogP contribution in [0.2, 0.25) is 0 Å². The highest BCUT2D eigenvalue weighted by molar-refractivity contribution is 7.89. The van der Waals surface area contributed by atoms with Crippen molar-refractivity contribution in [2.24, 2.45) is 0 Å². The van der Waals surface area contributed by atoms with E-state index in [-0.39, 0.29) is 17.2 Å². The van der Waals surface area contributed by atoms with Gasteiger partial charge in [-0.05, 0) is 19.3 Å². The van der Waals surface area contributed by atoms with Crippen LogP contribution in [0.5, 0.6) is 0 Å². The first-order valence-corrected chi connectivity index (χ1v) is 9.49. The topological polar surface area (TPSA) is 92.5 Å². The Hall–Kier alpha value is -1.41. The molecule has 1 N–H and O–H groups in total.